The van der Waals surface area contributed by atoms with Gasteiger partial charge in [-0.25, -0.2) is 4.98 Å². The van der Waals surface area contributed by atoms with Crippen LogP contribution in [-0.2, 0) is 16.1 Å². The van der Waals surface area contributed by atoms with Gasteiger partial charge in [-0.1, -0.05) is 48.0 Å². The molecule has 2 heterocycles. The molecule has 0 bridgehead atoms. The molecule has 0 aliphatic carbocycles. The van der Waals surface area contributed by atoms with E-state index in [-0.39, 0.29) is 30.3 Å². The minimum atomic E-state index is -0.0948. The molecule has 1 aromatic heterocycles. The fourth-order valence-electron chi connectivity index (χ4n) is 5.32. The number of hydrogen-bond acceptors (Lipinski definition) is 3. The van der Waals surface area contributed by atoms with Gasteiger partial charge in [0.25, 0.3) is 0 Å². The number of carbonyl (C=O) groups is 2. The highest BCUT2D eigenvalue weighted by Crippen LogP contribution is 2.35. The quantitative estimate of drug-likeness (QED) is 0.360. The maximum atomic E-state index is 13.7. The van der Waals surface area contributed by atoms with Gasteiger partial charge in [-0.05, 0) is 63.6 Å². The first-order valence-electron chi connectivity index (χ1n) is 12.5. The number of carbonyl (C=O) groups excluding carboxylic acids is 2. The molecule has 4 aromatic rings. The maximum absolute atomic E-state index is 13.7. The van der Waals surface area contributed by atoms with Gasteiger partial charge in [-0.15, -0.1) is 0 Å². The van der Waals surface area contributed by atoms with Crippen LogP contribution >= 0.6 is 0 Å². The lowest BCUT2D eigenvalue weighted by molar-refractivity contribution is -0.119. The van der Waals surface area contributed by atoms with Crippen LogP contribution in [0.25, 0.3) is 11.0 Å². The standard InChI is InChI=1S/C30H32N4O2/c1-20(2)34(24-10-6-5-7-11-24)29(36)19-33-27-13-9-8-12-25(27)31-30(33)23-17-28(35)32(18-23)26-15-14-21(3)16-22(26)4/h5-16,20,23H,17-19H2,1-4H3/t23-/m0/s1. The molecule has 6 nitrogen and oxygen atoms in total. The summed E-state index contributed by atoms with van der Waals surface area (Å²) in [4.78, 5) is 35.5. The van der Waals surface area contributed by atoms with E-state index < -0.39 is 0 Å². The minimum absolute atomic E-state index is 0.00355. The molecule has 1 fully saturated rings. The first kappa shape index (κ1) is 23.8. The second-order valence-corrected chi connectivity index (χ2v) is 9.93. The minimum Gasteiger partial charge on any atom is -0.318 e. The second-order valence-electron chi connectivity index (χ2n) is 9.93. The van der Waals surface area contributed by atoms with E-state index in [0.29, 0.717) is 13.0 Å². The van der Waals surface area contributed by atoms with Crippen molar-refractivity contribution in [1.82, 2.24) is 9.55 Å². The number of rotatable bonds is 6. The highest BCUT2D eigenvalue weighted by atomic mass is 16.2. The van der Waals surface area contributed by atoms with Gasteiger partial charge in [0.15, 0.2) is 0 Å². The van der Waals surface area contributed by atoms with E-state index in [1.165, 1.54) is 5.56 Å². The summed E-state index contributed by atoms with van der Waals surface area (Å²) in [5, 5.41) is 0. The van der Waals surface area contributed by atoms with Crippen LogP contribution in [0.15, 0.2) is 72.8 Å². The van der Waals surface area contributed by atoms with Gasteiger partial charge in [0.05, 0.1) is 11.0 Å². The average Bonchev–Trinajstić information content (AvgIpc) is 3.40. The zero-order chi connectivity index (χ0) is 25.4. The van der Waals surface area contributed by atoms with Crippen LogP contribution in [0.1, 0.15) is 43.1 Å². The lowest BCUT2D eigenvalue weighted by Crippen LogP contribution is -2.39. The van der Waals surface area contributed by atoms with E-state index in [2.05, 4.69) is 13.0 Å². The molecule has 36 heavy (non-hydrogen) atoms. The van der Waals surface area contributed by atoms with E-state index in [1.807, 2.05) is 102 Å². The van der Waals surface area contributed by atoms with Crippen molar-refractivity contribution in [2.75, 3.05) is 16.3 Å². The van der Waals surface area contributed by atoms with E-state index in [4.69, 9.17) is 4.98 Å². The molecule has 5 rings (SSSR count). The van der Waals surface area contributed by atoms with E-state index in [9.17, 15) is 9.59 Å². The van der Waals surface area contributed by atoms with Crippen LogP contribution in [0, 0.1) is 13.8 Å². The number of aryl methyl sites for hydroxylation is 2. The monoisotopic (exact) mass is 480 g/mol. The van der Waals surface area contributed by atoms with Crippen molar-refractivity contribution in [3.63, 3.8) is 0 Å². The molecular weight excluding hydrogens is 448 g/mol. The predicted octanol–water partition coefficient (Wildman–Crippen LogP) is 5.62. The van der Waals surface area contributed by atoms with Crippen LogP contribution in [0.4, 0.5) is 11.4 Å². The van der Waals surface area contributed by atoms with Crippen molar-refractivity contribution in [2.45, 2.75) is 52.6 Å². The van der Waals surface area contributed by atoms with Gasteiger partial charge < -0.3 is 14.4 Å². The number of fused-ring (bicyclic) bond motifs is 1. The third-order valence-electron chi connectivity index (χ3n) is 6.93. The Morgan fingerprint density at radius 3 is 2.47 bits per heavy atom. The summed E-state index contributed by atoms with van der Waals surface area (Å²) in [6.07, 6.45) is 0.372. The molecule has 1 saturated heterocycles. The van der Waals surface area contributed by atoms with Crippen LogP contribution in [0.5, 0.6) is 0 Å². The summed E-state index contributed by atoms with van der Waals surface area (Å²) in [6.45, 7) is 8.86. The normalized spacial score (nSPS) is 15.8. The van der Waals surface area contributed by atoms with Gasteiger partial charge in [0.1, 0.15) is 12.4 Å². The summed E-state index contributed by atoms with van der Waals surface area (Å²) in [5.74, 6) is 0.783. The maximum Gasteiger partial charge on any atom is 0.247 e. The number of aromatic nitrogens is 2. The fraction of sp³-hybridized carbons (Fsp3) is 0.300. The fourth-order valence-corrected chi connectivity index (χ4v) is 5.32. The Morgan fingerprint density at radius 1 is 1.03 bits per heavy atom. The summed E-state index contributed by atoms with van der Waals surface area (Å²) in [5.41, 5.74) is 5.84. The number of para-hydroxylation sites is 3. The summed E-state index contributed by atoms with van der Waals surface area (Å²) in [6, 6.07) is 23.8. The number of anilines is 2. The molecule has 2 amide bonds. The van der Waals surface area contributed by atoms with E-state index in [0.717, 1.165) is 33.8 Å². The van der Waals surface area contributed by atoms with Crippen molar-refractivity contribution in [3.05, 3.63) is 89.7 Å². The number of imidazole rings is 1. The van der Waals surface area contributed by atoms with Crippen molar-refractivity contribution in [3.8, 4) is 0 Å². The Bertz CT molecular complexity index is 1420. The Balaban J connectivity index is 1.50. The van der Waals surface area contributed by atoms with Crippen LogP contribution in [-0.4, -0.2) is 34.0 Å². The van der Waals surface area contributed by atoms with Gasteiger partial charge in [-0.2, -0.15) is 0 Å². The molecule has 0 radical (unpaired) electrons. The predicted molar refractivity (Wildman–Crippen MR) is 144 cm³/mol. The zero-order valence-electron chi connectivity index (χ0n) is 21.3. The molecule has 3 aromatic carbocycles. The average molecular weight is 481 g/mol. The van der Waals surface area contributed by atoms with E-state index in [1.54, 1.807) is 0 Å². The number of nitrogens with zero attached hydrogens (tertiary/aromatic N) is 4. The SMILES string of the molecule is Cc1ccc(N2C[C@@H](c3nc4ccccc4n3CC(=O)N(c3ccccc3)C(C)C)CC2=O)c(C)c1. The Morgan fingerprint density at radius 2 is 1.75 bits per heavy atom. The van der Waals surface area contributed by atoms with E-state index >= 15 is 0 Å². The van der Waals surface area contributed by atoms with Crippen molar-refractivity contribution in [1.29, 1.82) is 0 Å². The molecule has 0 spiro atoms. The Kier molecular flexibility index (Phi) is 6.35. The topological polar surface area (TPSA) is 58.4 Å². The summed E-state index contributed by atoms with van der Waals surface area (Å²) < 4.78 is 2.01. The second kappa shape index (κ2) is 9.61. The molecule has 184 valence electrons. The van der Waals surface area contributed by atoms with Crippen LogP contribution < -0.4 is 9.80 Å². The van der Waals surface area contributed by atoms with Crippen LogP contribution in [0.3, 0.4) is 0 Å². The molecule has 0 saturated carbocycles. The lowest BCUT2D eigenvalue weighted by atomic mass is 10.1. The van der Waals surface area contributed by atoms with Crippen molar-refractivity contribution in [2.24, 2.45) is 0 Å². The van der Waals surface area contributed by atoms with Gasteiger partial charge >= 0.3 is 0 Å². The third kappa shape index (κ3) is 4.39. The molecule has 0 N–H and O–H groups in total. The summed E-state index contributed by atoms with van der Waals surface area (Å²) in [7, 11) is 0. The van der Waals surface area contributed by atoms with Gasteiger partial charge in [-0.3, -0.25) is 9.59 Å². The smallest absolute Gasteiger partial charge is 0.247 e. The molecular formula is C30H32N4O2. The van der Waals surface area contributed by atoms with Crippen LogP contribution in [0.2, 0.25) is 0 Å². The first-order chi connectivity index (χ1) is 17.3. The number of amides is 2. The van der Waals surface area contributed by atoms with Crippen molar-refractivity contribution >= 4 is 34.2 Å². The Labute approximate surface area is 212 Å². The first-order valence-corrected chi connectivity index (χ1v) is 12.5. The molecule has 1 aliphatic rings. The van der Waals surface area contributed by atoms with Gasteiger partial charge in [0.2, 0.25) is 11.8 Å². The molecule has 0 unspecified atom stereocenters. The summed E-state index contributed by atoms with van der Waals surface area (Å²) >= 11 is 0. The largest absolute Gasteiger partial charge is 0.318 e. The molecule has 1 atom stereocenters. The Hall–Kier alpha value is -3.93. The zero-order valence-corrected chi connectivity index (χ0v) is 21.3. The highest BCUT2D eigenvalue weighted by molar-refractivity contribution is 5.97. The molecule has 6 heteroatoms. The van der Waals surface area contributed by atoms with Gasteiger partial charge in [0, 0.05) is 36.3 Å². The highest BCUT2D eigenvalue weighted by Gasteiger charge is 2.36. The molecule has 1 aliphatic heterocycles. The van der Waals surface area contributed by atoms with Crippen molar-refractivity contribution < 1.29 is 9.59 Å². The third-order valence-corrected chi connectivity index (χ3v) is 6.93. The number of benzene rings is 3. The lowest BCUT2D eigenvalue weighted by Gasteiger charge is -2.28. The number of hydrogen-bond donors (Lipinski definition) is 0.